The van der Waals surface area contributed by atoms with Crippen LogP contribution in [0.15, 0.2) is 48.5 Å². The number of ether oxygens (including phenoxy) is 2. The molecule has 1 N–H and O–H groups in total. The van der Waals surface area contributed by atoms with Crippen molar-refractivity contribution in [2.45, 2.75) is 31.9 Å². The molecule has 0 radical (unpaired) electrons. The minimum Gasteiger partial charge on any atom is -0.508 e. The Hall–Kier alpha value is -2.74. The molecule has 0 spiro atoms. The molecule has 1 aliphatic heterocycles. The Labute approximate surface area is 160 Å². The number of para-hydroxylation sites is 1. The molecule has 2 aromatic carbocycles. The number of carbonyl (C=O) groups excluding carboxylic acids is 1. The average molecular weight is 395 g/mol. The second kappa shape index (κ2) is 8.52. The van der Waals surface area contributed by atoms with Gasteiger partial charge in [-0.1, -0.05) is 18.2 Å². The molecule has 0 aromatic heterocycles. The largest absolute Gasteiger partial charge is 0.573 e. The number of alkyl halides is 3. The normalized spacial score (nSPS) is 16.8. The molecule has 1 atom stereocenters. The zero-order valence-electron chi connectivity index (χ0n) is 15.0. The molecule has 5 nitrogen and oxygen atoms in total. The molecule has 28 heavy (non-hydrogen) atoms. The lowest BCUT2D eigenvalue weighted by Crippen LogP contribution is -2.37. The highest BCUT2D eigenvalue weighted by atomic mass is 19.4. The van der Waals surface area contributed by atoms with Crippen LogP contribution in [0.3, 0.4) is 0 Å². The molecule has 1 saturated heterocycles. The predicted molar refractivity (Wildman–Crippen MR) is 94.9 cm³/mol. The van der Waals surface area contributed by atoms with Crippen molar-refractivity contribution in [3.63, 3.8) is 0 Å². The number of rotatable bonds is 6. The van der Waals surface area contributed by atoms with Gasteiger partial charge in [0.25, 0.3) is 5.91 Å². The van der Waals surface area contributed by atoms with Crippen molar-refractivity contribution in [1.82, 2.24) is 4.90 Å². The van der Waals surface area contributed by atoms with Crippen LogP contribution in [-0.2, 0) is 11.3 Å². The van der Waals surface area contributed by atoms with Gasteiger partial charge in [0.2, 0.25) is 0 Å². The second-order valence-corrected chi connectivity index (χ2v) is 6.52. The first kappa shape index (κ1) is 20.0. The van der Waals surface area contributed by atoms with E-state index in [0.29, 0.717) is 18.7 Å². The van der Waals surface area contributed by atoms with Gasteiger partial charge in [0, 0.05) is 30.8 Å². The summed E-state index contributed by atoms with van der Waals surface area (Å²) >= 11 is 0. The first-order chi connectivity index (χ1) is 13.3. The van der Waals surface area contributed by atoms with Crippen molar-refractivity contribution in [2.75, 3.05) is 13.2 Å². The lowest BCUT2D eigenvalue weighted by molar-refractivity contribution is -0.274. The summed E-state index contributed by atoms with van der Waals surface area (Å²) in [6, 6.07) is 11.5. The van der Waals surface area contributed by atoms with Crippen molar-refractivity contribution < 1.29 is 32.5 Å². The van der Waals surface area contributed by atoms with Gasteiger partial charge in [0.05, 0.1) is 6.10 Å². The van der Waals surface area contributed by atoms with Gasteiger partial charge < -0.3 is 19.5 Å². The van der Waals surface area contributed by atoms with E-state index in [1.54, 1.807) is 18.2 Å². The Kier molecular flexibility index (Phi) is 6.08. The quantitative estimate of drug-likeness (QED) is 0.800. The predicted octanol–water partition coefficient (Wildman–Crippen LogP) is 4.11. The second-order valence-electron chi connectivity index (χ2n) is 6.52. The van der Waals surface area contributed by atoms with Gasteiger partial charge in [-0.05, 0) is 43.2 Å². The van der Waals surface area contributed by atoms with Crippen LogP contribution in [0.2, 0.25) is 0 Å². The summed E-state index contributed by atoms with van der Waals surface area (Å²) in [7, 11) is 0. The number of aromatic hydroxyl groups is 1. The summed E-state index contributed by atoms with van der Waals surface area (Å²) in [6.07, 6.45) is -3.17. The number of hydrogen-bond donors (Lipinski definition) is 1. The molecular weight excluding hydrogens is 375 g/mol. The molecule has 2 aromatic rings. The highest BCUT2D eigenvalue weighted by molar-refractivity contribution is 5.94. The molecule has 0 saturated carbocycles. The standard InChI is InChI=1S/C20H20F3NO4/c21-20(22,23)28-16-9-7-14(8-10-16)19(26)24(13-17-5-3-11-27-17)12-15-4-1-2-6-18(15)25/h1-2,4,6-10,17,25H,3,5,11-13H2. The maximum atomic E-state index is 13.0. The van der Waals surface area contributed by atoms with Gasteiger partial charge in [0.15, 0.2) is 0 Å². The van der Waals surface area contributed by atoms with Crippen LogP contribution in [0, 0.1) is 0 Å². The molecule has 1 fully saturated rings. The highest BCUT2D eigenvalue weighted by Gasteiger charge is 2.31. The number of phenolic OH excluding ortho intramolecular Hbond substituents is 1. The zero-order valence-corrected chi connectivity index (χ0v) is 15.0. The van der Waals surface area contributed by atoms with Crippen molar-refractivity contribution in [2.24, 2.45) is 0 Å². The van der Waals surface area contributed by atoms with E-state index in [1.807, 2.05) is 0 Å². The molecule has 0 bridgehead atoms. The summed E-state index contributed by atoms with van der Waals surface area (Å²) < 4.78 is 46.4. The maximum Gasteiger partial charge on any atom is 0.573 e. The SMILES string of the molecule is O=C(c1ccc(OC(F)(F)F)cc1)N(Cc1ccccc1O)CC1CCCO1. The van der Waals surface area contributed by atoms with Crippen LogP contribution in [0.5, 0.6) is 11.5 Å². The van der Waals surface area contributed by atoms with E-state index in [1.165, 1.54) is 23.1 Å². The van der Waals surface area contributed by atoms with Crippen molar-refractivity contribution in [1.29, 1.82) is 0 Å². The van der Waals surface area contributed by atoms with Crippen LogP contribution in [0.4, 0.5) is 13.2 Å². The van der Waals surface area contributed by atoms with E-state index in [-0.39, 0.29) is 29.9 Å². The Morgan fingerprint density at radius 1 is 1.18 bits per heavy atom. The number of benzene rings is 2. The molecule has 0 aliphatic carbocycles. The number of nitrogens with zero attached hydrogens (tertiary/aromatic N) is 1. The summed E-state index contributed by atoms with van der Waals surface area (Å²) in [5, 5.41) is 10.0. The summed E-state index contributed by atoms with van der Waals surface area (Å²) in [4.78, 5) is 14.5. The van der Waals surface area contributed by atoms with Crippen LogP contribution in [0.1, 0.15) is 28.8 Å². The lowest BCUT2D eigenvalue weighted by Gasteiger charge is -2.26. The van der Waals surface area contributed by atoms with Crippen LogP contribution < -0.4 is 4.74 Å². The van der Waals surface area contributed by atoms with Gasteiger partial charge in [-0.25, -0.2) is 0 Å². The summed E-state index contributed by atoms with van der Waals surface area (Å²) in [5.41, 5.74) is 0.800. The molecule has 3 rings (SSSR count). The Morgan fingerprint density at radius 3 is 2.50 bits per heavy atom. The number of phenols is 1. The fourth-order valence-electron chi connectivity index (χ4n) is 3.09. The maximum absolute atomic E-state index is 13.0. The fraction of sp³-hybridized carbons (Fsp3) is 0.350. The van der Waals surface area contributed by atoms with E-state index < -0.39 is 12.1 Å². The number of carbonyl (C=O) groups is 1. The smallest absolute Gasteiger partial charge is 0.508 e. The number of amides is 1. The lowest BCUT2D eigenvalue weighted by atomic mass is 10.1. The van der Waals surface area contributed by atoms with Gasteiger partial charge in [-0.15, -0.1) is 13.2 Å². The minimum atomic E-state index is -4.79. The fourth-order valence-corrected chi connectivity index (χ4v) is 3.09. The van der Waals surface area contributed by atoms with Crippen LogP contribution >= 0.6 is 0 Å². The van der Waals surface area contributed by atoms with E-state index in [2.05, 4.69) is 4.74 Å². The first-order valence-corrected chi connectivity index (χ1v) is 8.85. The molecule has 1 amide bonds. The third kappa shape index (κ3) is 5.39. The molecule has 1 unspecified atom stereocenters. The first-order valence-electron chi connectivity index (χ1n) is 8.85. The Bertz CT molecular complexity index is 802. The van der Waals surface area contributed by atoms with Gasteiger partial charge in [0.1, 0.15) is 11.5 Å². The van der Waals surface area contributed by atoms with Gasteiger partial charge >= 0.3 is 6.36 Å². The molecular formula is C20H20F3NO4. The summed E-state index contributed by atoms with van der Waals surface area (Å²) in [6.45, 7) is 1.12. The summed E-state index contributed by atoms with van der Waals surface area (Å²) in [5.74, 6) is -0.686. The van der Waals surface area contributed by atoms with Crippen LogP contribution in [-0.4, -0.2) is 41.5 Å². The van der Waals surface area contributed by atoms with Gasteiger partial charge in [-0.3, -0.25) is 4.79 Å². The third-order valence-corrected chi connectivity index (χ3v) is 4.42. The third-order valence-electron chi connectivity index (χ3n) is 4.42. The zero-order chi connectivity index (χ0) is 20.1. The molecule has 150 valence electrons. The minimum absolute atomic E-state index is 0.0709. The molecule has 1 heterocycles. The van der Waals surface area contributed by atoms with E-state index in [4.69, 9.17) is 4.74 Å². The van der Waals surface area contributed by atoms with E-state index in [9.17, 15) is 23.1 Å². The Balaban J connectivity index is 1.78. The van der Waals surface area contributed by atoms with E-state index >= 15 is 0 Å². The number of hydrogen-bond acceptors (Lipinski definition) is 4. The van der Waals surface area contributed by atoms with Gasteiger partial charge in [-0.2, -0.15) is 0 Å². The highest BCUT2D eigenvalue weighted by Crippen LogP contribution is 2.25. The van der Waals surface area contributed by atoms with Crippen molar-refractivity contribution in [3.05, 3.63) is 59.7 Å². The van der Waals surface area contributed by atoms with Crippen LogP contribution in [0.25, 0.3) is 0 Å². The topological polar surface area (TPSA) is 59.0 Å². The molecule has 1 aliphatic rings. The average Bonchev–Trinajstić information content (AvgIpc) is 3.15. The molecule has 8 heteroatoms. The Morgan fingerprint density at radius 2 is 1.89 bits per heavy atom. The van der Waals surface area contributed by atoms with Crippen molar-refractivity contribution >= 4 is 5.91 Å². The van der Waals surface area contributed by atoms with E-state index in [0.717, 1.165) is 25.0 Å². The number of halogens is 3. The monoisotopic (exact) mass is 395 g/mol. The van der Waals surface area contributed by atoms with Crippen molar-refractivity contribution in [3.8, 4) is 11.5 Å².